The minimum absolute atomic E-state index is 0. The lowest BCUT2D eigenvalue weighted by Crippen LogP contribution is -2.42. The largest absolute Gasteiger partial charge is 0.356 e. The molecule has 1 aliphatic carbocycles. The van der Waals surface area contributed by atoms with E-state index in [-0.39, 0.29) is 29.9 Å². The van der Waals surface area contributed by atoms with Gasteiger partial charge in [0.2, 0.25) is 5.91 Å². The number of hydrogen-bond donors (Lipinski definition) is 2. The van der Waals surface area contributed by atoms with Gasteiger partial charge in [0.15, 0.2) is 5.96 Å². The lowest BCUT2D eigenvalue weighted by atomic mass is 9.86. The number of halogens is 1. The Morgan fingerprint density at radius 2 is 1.91 bits per heavy atom. The Morgan fingerprint density at radius 1 is 1.18 bits per heavy atom. The number of hydrogen-bond acceptors (Lipinski definition) is 2. The van der Waals surface area contributed by atoms with Crippen LogP contribution in [0, 0.1) is 5.41 Å². The molecule has 5 nitrogen and oxygen atoms in total. The number of carbonyl (C=O) groups is 1. The van der Waals surface area contributed by atoms with Crippen LogP contribution in [0.4, 0.5) is 0 Å². The summed E-state index contributed by atoms with van der Waals surface area (Å²) < 4.78 is 0. The van der Waals surface area contributed by atoms with E-state index in [1.807, 2.05) is 7.05 Å². The topological polar surface area (TPSA) is 56.7 Å². The van der Waals surface area contributed by atoms with E-state index in [2.05, 4.69) is 27.4 Å². The van der Waals surface area contributed by atoms with Crippen molar-refractivity contribution >= 4 is 35.8 Å². The van der Waals surface area contributed by atoms with Crippen LogP contribution in [-0.2, 0) is 4.79 Å². The SMILES string of the molecule is CCCNC(=O)CCNC(=NC)N1CCC2(CCCC2)C1.I. The number of rotatable bonds is 5. The molecule has 0 unspecified atom stereocenters. The Balaban J connectivity index is 0.00000242. The Bertz CT molecular complexity index is 380. The average Bonchev–Trinajstić information content (AvgIpc) is 3.12. The van der Waals surface area contributed by atoms with Crippen molar-refractivity contribution in [2.45, 2.75) is 51.9 Å². The number of aliphatic imine (C=N–C) groups is 1. The highest BCUT2D eigenvalue weighted by Gasteiger charge is 2.40. The quantitative estimate of drug-likeness (QED) is 0.407. The number of guanidine groups is 1. The maximum absolute atomic E-state index is 11.6. The molecule has 0 aromatic carbocycles. The lowest BCUT2D eigenvalue weighted by molar-refractivity contribution is -0.120. The summed E-state index contributed by atoms with van der Waals surface area (Å²) in [6, 6.07) is 0. The monoisotopic (exact) mass is 422 g/mol. The molecular weight excluding hydrogens is 391 g/mol. The zero-order valence-electron chi connectivity index (χ0n) is 14.0. The van der Waals surface area contributed by atoms with Crippen molar-refractivity contribution < 1.29 is 4.79 Å². The molecule has 6 heteroatoms. The van der Waals surface area contributed by atoms with E-state index in [1.165, 1.54) is 32.1 Å². The summed E-state index contributed by atoms with van der Waals surface area (Å²) in [6.45, 7) is 5.72. The highest BCUT2D eigenvalue weighted by atomic mass is 127. The Kier molecular flexibility index (Phi) is 8.49. The molecular formula is C16H31IN4O. The van der Waals surface area contributed by atoms with Crippen LogP contribution >= 0.6 is 24.0 Å². The fraction of sp³-hybridized carbons (Fsp3) is 0.875. The second-order valence-corrected chi connectivity index (χ2v) is 6.45. The fourth-order valence-electron chi connectivity index (χ4n) is 3.62. The van der Waals surface area contributed by atoms with Gasteiger partial charge in [0.05, 0.1) is 0 Å². The van der Waals surface area contributed by atoms with Crippen molar-refractivity contribution in [3.8, 4) is 0 Å². The molecule has 2 aliphatic rings. The standard InChI is InChI=1S/C16H30N4O.HI/c1-3-10-18-14(21)6-11-19-15(17-2)20-12-9-16(13-20)7-4-5-8-16;/h3-13H2,1-2H3,(H,17,19)(H,18,21);1H. The van der Waals surface area contributed by atoms with Gasteiger partial charge in [-0.1, -0.05) is 19.8 Å². The van der Waals surface area contributed by atoms with Crippen LogP contribution in [0.3, 0.4) is 0 Å². The smallest absolute Gasteiger partial charge is 0.221 e. The molecule has 1 aliphatic heterocycles. The third-order valence-corrected chi connectivity index (χ3v) is 4.82. The van der Waals surface area contributed by atoms with Crippen LogP contribution in [-0.4, -0.2) is 50.0 Å². The minimum Gasteiger partial charge on any atom is -0.356 e. The summed E-state index contributed by atoms with van der Waals surface area (Å²) in [5.41, 5.74) is 0.552. The summed E-state index contributed by atoms with van der Waals surface area (Å²) in [5.74, 6) is 1.08. The van der Waals surface area contributed by atoms with E-state index in [0.717, 1.165) is 32.0 Å². The molecule has 0 atom stereocenters. The lowest BCUT2D eigenvalue weighted by Gasteiger charge is -2.25. The Labute approximate surface area is 151 Å². The number of nitrogens with zero attached hydrogens (tertiary/aromatic N) is 2. The molecule has 1 spiro atoms. The van der Waals surface area contributed by atoms with E-state index >= 15 is 0 Å². The molecule has 1 saturated carbocycles. The van der Waals surface area contributed by atoms with Gasteiger partial charge in [0, 0.05) is 39.6 Å². The van der Waals surface area contributed by atoms with Gasteiger partial charge < -0.3 is 15.5 Å². The predicted molar refractivity (Wildman–Crippen MR) is 102 cm³/mol. The van der Waals surface area contributed by atoms with E-state index < -0.39 is 0 Å². The van der Waals surface area contributed by atoms with E-state index in [0.29, 0.717) is 18.4 Å². The van der Waals surface area contributed by atoms with Gasteiger partial charge in [0.1, 0.15) is 0 Å². The number of nitrogens with one attached hydrogen (secondary N) is 2. The molecule has 0 radical (unpaired) electrons. The van der Waals surface area contributed by atoms with Gasteiger partial charge in [-0.05, 0) is 31.1 Å². The van der Waals surface area contributed by atoms with Crippen molar-refractivity contribution in [2.24, 2.45) is 10.4 Å². The van der Waals surface area contributed by atoms with Crippen LogP contribution < -0.4 is 10.6 Å². The molecule has 2 rings (SSSR count). The van der Waals surface area contributed by atoms with Crippen LogP contribution in [0.5, 0.6) is 0 Å². The Hall–Kier alpha value is -0.530. The second kappa shape index (κ2) is 9.57. The van der Waals surface area contributed by atoms with Crippen molar-refractivity contribution in [3.63, 3.8) is 0 Å². The number of likely N-dealkylation sites (tertiary alicyclic amines) is 1. The normalized spacial score (nSPS) is 20.1. The zero-order valence-corrected chi connectivity index (χ0v) is 16.3. The van der Waals surface area contributed by atoms with Crippen LogP contribution in [0.15, 0.2) is 4.99 Å². The third kappa shape index (κ3) is 5.28. The minimum atomic E-state index is 0. The molecule has 2 fully saturated rings. The van der Waals surface area contributed by atoms with Gasteiger partial charge in [-0.2, -0.15) is 0 Å². The molecule has 0 aromatic heterocycles. The first kappa shape index (κ1) is 19.5. The molecule has 22 heavy (non-hydrogen) atoms. The van der Waals surface area contributed by atoms with E-state index in [4.69, 9.17) is 0 Å². The first-order valence-corrected chi connectivity index (χ1v) is 8.41. The molecule has 0 aromatic rings. The predicted octanol–water partition coefficient (Wildman–Crippen LogP) is 2.36. The van der Waals surface area contributed by atoms with Crippen LogP contribution in [0.1, 0.15) is 51.9 Å². The summed E-state index contributed by atoms with van der Waals surface area (Å²) in [5, 5.41) is 6.24. The first-order chi connectivity index (χ1) is 10.2. The summed E-state index contributed by atoms with van der Waals surface area (Å²) >= 11 is 0. The maximum Gasteiger partial charge on any atom is 0.221 e. The molecule has 2 N–H and O–H groups in total. The highest BCUT2D eigenvalue weighted by Crippen LogP contribution is 2.45. The summed E-state index contributed by atoms with van der Waals surface area (Å²) in [7, 11) is 1.83. The Morgan fingerprint density at radius 3 is 2.55 bits per heavy atom. The average molecular weight is 422 g/mol. The highest BCUT2D eigenvalue weighted by molar-refractivity contribution is 14.0. The van der Waals surface area contributed by atoms with Gasteiger partial charge in [-0.15, -0.1) is 24.0 Å². The van der Waals surface area contributed by atoms with Gasteiger partial charge >= 0.3 is 0 Å². The summed E-state index contributed by atoms with van der Waals surface area (Å²) in [6.07, 6.45) is 8.31. The van der Waals surface area contributed by atoms with Crippen molar-refractivity contribution in [3.05, 3.63) is 0 Å². The first-order valence-electron chi connectivity index (χ1n) is 8.41. The second-order valence-electron chi connectivity index (χ2n) is 6.45. The molecule has 1 saturated heterocycles. The maximum atomic E-state index is 11.6. The van der Waals surface area contributed by atoms with Crippen LogP contribution in [0.2, 0.25) is 0 Å². The van der Waals surface area contributed by atoms with Gasteiger partial charge in [-0.25, -0.2) is 0 Å². The van der Waals surface area contributed by atoms with Crippen molar-refractivity contribution in [1.29, 1.82) is 0 Å². The summed E-state index contributed by atoms with van der Waals surface area (Å²) in [4.78, 5) is 18.3. The van der Waals surface area contributed by atoms with Crippen molar-refractivity contribution in [2.75, 3.05) is 33.2 Å². The molecule has 1 amide bonds. The van der Waals surface area contributed by atoms with E-state index in [9.17, 15) is 4.79 Å². The molecule has 1 heterocycles. The van der Waals surface area contributed by atoms with Gasteiger partial charge in [0.25, 0.3) is 0 Å². The van der Waals surface area contributed by atoms with Gasteiger partial charge in [-0.3, -0.25) is 9.79 Å². The fourth-order valence-corrected chi connectivity index (χ4v) is 3.62. The number of carbonyl (C=O) groups excluding carboxylic acids is 1. The van der Waals surface area contributed by atoms with Crippen LogP contribution in [0.25, 0.3) is 0 Å². The number of amides is 1. The third-order valence-electron chi connectivity index (χ3n) is 4.82. The van der Waals surface area contributed by atoms with Crippen molar-refractivity contribution in [1.82, 2.24) is 15.5 Å². The molecule has 128 valence electrons. The van der Waals surface area contributed by atoms with E-state index in [1.54, 1.807) is 0 Å². The zero-order chi connectivity index (χ0) is 15.1. The molecule has 0 bridgehead atoms.